The lowest BCUT2D eigenvalue weighted by Gasteiger charge is -2.18. The van der Waals surface area contributed by atoms with Crippen molar-refractivity contribution in [3.63, 3.8) is 0 Å². The fraction of sp³-hybridized carbons (Fsp3) is 0.500. The van der Waals surface area contributed by atoms with E-state index in [0.717, 1.165) is 19.3 Å². The third kappa shape index (κ3) is 3.26. The molecule has 1 heterocycles. The zero-order valence-electron chi connectivity index (χ0n) is 10.5. The summed E-state index contributed by atoms with van der Waals surface area (Å²) in [4.78, 5) is 3.90. The Hall–Kier alpha value is -1.10. The average Bonchev–Trinajstić information content (AvgIpc) is 2.85. The van der Waals surface area contributed by atoms with Crippen molar-refractivity contribution in [1.82, 2.24) is 9.71 Å². The first-order valence-electron chi connectivity index (χ1n) is 5.98. The number of rotatable bonds is 4. The fourth-order valence-corrected chi connectivity index (χ4v) is 4.49. The van der Waals surface area contributed by atoms with Crippen molar-refractivity contribution in [3.8, 4) is 6.07 Å². The van der Waals surface area contributed by atoms with Crippen LogP contribution in [-0.2, 0) is 10.0 Å². The predicted molar refractivity (Wildman–Crippen MR) is 74.2 cm³/mol. The highest BCUT2D eigenvalue weighted by molar-refractivity contribution is 7.99. The Morgan fingerprint density at radius 3 is 2.84 bits per heavy atom. The molecule has 2 unspecified atom stereocenters. The third-order valence-corrected chi connectivity index (χ3v) is 5.87. The molecule has 0 saturated heterocycles. The third-order valence-electron chi connectivity index (χ3n) is 3.22. The van der Waals surface area contributed by atoms with Crippen molar-refractivity contribution < 1.29 is 8.42 Å². The summed E-state index contributed by atoms with van der Waals surface area (Å²) >= 11 is 1.70. The molecule has 1 N–H and O–H groups in total. The second-order valence-electron chi connectivity index (χ2n) is 4.42. The van der Waals surface area contributed by atoms with Gasteiger partial charge in [-0.3, -0.25) is 0 Å². The van der Waals surface area contributed by atoms with Crippen molar-refractivity contribution in [3.05, 3.63) is 24.0 Å². The van der Waals surface area contributed by atoms with Crippen LogP contribution >= 0.6 is 11.8 Å². The maximum atomic E-state index is 12.2. The zero-order valence-corrected chi connectivity index (χ0v) is 12.2. The average molecular weight is 297 g/mol. The van der Waals surface area contributed by atoms with Crippen molar-refractivity contribution >= 4 is 21.8 Å². The highest BCUT2D eigenvalue weighted by atomic mass is 32.2. The molecule has 19 heavy (non-hydrogen) atoms. The summed E-state index contributed by atoms with van der Waals surface area (Å²) in [7, 11) is -3.55. The SMILES string of the molecule is CSC1CCCC1NS(=O)(=O)c1ccc(C#N)nc1. The van der Waals surface area contributed by atoms with E-state index in [1.54, 1.807) is 11.8 Å². The van der Waals surface area contributed by atoms with E-state index in [1.807, 2.05) is 12.3 Å². The van der Waals surface area contributed by atoms with Gasteiger partial charge in [-0.25, -0.2) is 18.1 Å². The largest absolute Gasteiger partial charge is 0.244 e. The van der Waals surface area contributed by atoms with E-state index in [1.165, 1.54) is 18.3 Å². The molecule has 2 rings (SSSR count). The minimum absolute atomic E-state index is 0.0179. The molecule has 0 amide bonds. The number of aromatic nitrogens is 1. The monoisotopic (exact) mass is 297 g/mol. The molecule has 0 aliphatic heterocycles. The molecule has 1 saturated carbocycles. The van der Waals surface area contributed by atoms with E-state index >= 15 is 0 Å². The Bertz CT molecular complexity index is 578. The lowest BCUT2D eigenvalue weighted by atomic mass is 10.3. The van der Waals surface area contributed by atoms with Crippen LogP contribution in [0.15, 0.2) is 23.2 Å². The van der Waals surface area contributed by atoms with Crippen LogP contribution in [0.2, 0.25) is 0 Å². The van der Waals surface area contributed by atoms with Crippen LogP contribution in [-0.4, -0.2) is 30.9 Å². The number of sulfonamides is 1. The van der Waals surface area contributed by atoms with Crippen molar-refractivity contribution in [2.24, 2.45) is 0 Å². The number of hydrogen-bond donors (Lipinski definition) is 1. The molecule has 7 heteroatoms. The molecule has 0 bridgehead atoms. The Balaban J connectivity index is 2.15. The summed E-state index contributed by atoms with van der Waals surface area (Å²) in [6.45, 7) is 0. The molecular weight excluding hydrogens is 282 g/mol. The summed E-state index contributed by atoms with van der Waals surface area (Å²) in [5.41, 5.74) is 0.210. The summed E-state index contributed by atoms with van der Waals surface area (Å²) < 4.78 is 27.2. The van der Waals surface area contributed by atoms with E-state index < -0.39 is 10.0 Å². The van der Waals surface area contributed by atoms with Gasteiger partial charge in [0.2, 0.25) is 10.0 Å². The van der Waals surface area contributed by atoms with Gasteiger partial charge in [0.15, 0.2) is 0 Å². The smallest absolute Gasteiger partial charge is 0.242 e. The lowest BCUT2D eigenvalue weighted by molar-refractivity contribution is 0.555. The van der Waals surface area contributed by atoms with Gasteiger partial charge in [0.25, 0.3) is 0 Å². The first-order valence-corrected chi connectivity index (χ1v) is 8.75. The van der Waals surface area contributed by atoms with Gasteiger partial charge in [0, 0.05) is 17.5 Å². The topological polar surface area (TPSA) is 82.9 Å². The highest BCUT2D eigenvalue weighted by Gasteiger charge is 2.30. The van der Waals surface area contributed by atoms with Gasteiger partial charge < -0.3 is 0 Å². The quantitative estimate of drug-likeness (QED) is 0.911. The van der Waals surface area contributed by atoms with E-state index in [0.29, 0.717) is 5.25 Å². The van der Waals surface area contributed by atoms with Gasteiger partial charge in [-0.1, -0.05) is 6.42 Å². The first kappa shape index (κ1) is 14.3. The highest BCUT2D eigenvalue weighted by Crippen LogP contribution is 2.29. The molecule has 102 valence electrons. The maximum Gasteiger partial charge on any atom is 0.242 e. The lowest BCUT2D eigenvalue weighted by Crippen LogP contribution is -2.38. The Morgan fingerprint density at radius 1 is 1.47 bits per heavy atom. The minimum Gasteiger partial charge on any atom is -0.244 e. The van der Waals surface area contributed by atoms with Gasteiger partial charge in [0.1, 0.15) is 16.7 Å². The number of pyridine rings is 1. The zero-order chi connectivity index (χ0) is 13.9. The second kappa shape index (κ2) is 5.90. The van der Waals surface area contributed by atoms with Crippen LogP contribution in [0.25, 0.3) is 0 Å². The molecule has 0 radical (unpaired) electrons. The van der Waals surface area contributed by atoms with Gasteiger partial charge in [-0.15, -0.1) is 0 Å². The van der Waals surface area contributed by atoms with Crippen molar-refractivity contribution in [1.29, 1.82) is 5.26 Å². The van der Waals surface area contributed by atoms with Gasteiger partial charge in [-0.2, -0.15) is 17.0 Å². The van der Waals surface area contributed by atoms with Crippen molar-refractivity contribution in [2.45, 2.75) is 35.4 Å². The van der Waals surface area contributed by atoms with Crippen LogP contribution in [0.5, 0.6) is 0 Å². The van der Waals surface area contributed by atoms with Crippen LogP contribution < -0.4 is 4.72 Å². The van der Waals surface area contributed by atoms with Crippen LogP contribution in [0.4, 0.5) is 0 Å². The van der Waals surface area contributed by atoms with Crippen LogP contribution in [0.1, 0.15) is 25.0 Å². The molecule has 0 aromatic carbocycles. The number of thioether (sulfide) groups is 1. The van der Waals surface area contributed by atoms with Gasteiger partial charge >= 0.3 is 0 Å². The molecule has 1 aromatic heterocycles. The summed E-state index contributed by atoms with van der Waals surface area (Å²) in [6, 6.07) is 4.67. The van der Waals surface area contributed by atoms with Crippen molar-refractivity contribution in [2.75, 3.05) is 6.26 Å². The summed E-state index contributed by atoms with van der Waals surface area (Å²) in [5.74, 6) is 0. The standard InChI is InChI=1S/C12H15N3O2S2/c1-18-12-4-2-3-11(12)15-19(16,17)10-6-5-9(7-13)14-8-10/h5-6,8,11-12,15H,2-4H2,1H3. The summed E-state index contributed by atoms with van der Waals surface area (Å²) in [5, 5.41) is 8.98. The number of nitrogens with zero attached hydrogens (tertiary/aromatic N) is 2. The van der Waals surface area contributed by atoms with Crippen LogP contribution in [0, 0.1) is 11.3 Å². The molecule has 1 aliphatic carbocycles. The maximum absolute atomic E-state index is 12.2. The van der Waals surface area contributed by atoms with Gasteiger partial charge in [0.05, 0.1) is 0 Å². The van der Waals surface area contributed by atoms with E-state index in [-0.39, 0.29) is 16.6 Å². The number of nitrogens with one attached hydrogen (secondary N) is 1. The molecule has 1 fully saturated rings. The second-order valence-corrected chi connectivity index (χ2v) is 7.21. The minimum atomic E-state index is -3.55. The predicted octanol–water partition coefficient (Wildman–Crippen LogP) is 1.52. The first-order chi connectivity index (χ1) is 9.06. The Labute approximate surface area is 117 Å². The molecule has 5 nitrogen and oxygen atoms in total. The normalized spacial score (nSPS) is 23.2. The van der Waals surface area contributed by atoms with E-state index in [2.05, 4.69) is 9.71 Å². The Morgan fingerprint density at radius 2 is 2.26 bits per heavy atom. The van der Waals surface area contributed by atoms with E-state index in [4.69, 9.17) is 5.26 Å². The molecular formula is C12H15N3O2S2. The fourth-order valence-electron chi connectivity index (χ4n) is 2.22. The summed E-state index contributed by atoms with van der Waals surface area (Å²) in [6.07, 6.45) is 6.18. The number of hydrogen-bond acceptors (Lipinski definition) is 5. The molecule has 1 aliphatic rings. The molecule has 2 atom stereocenters. The number of nitriles is 1. The molecule has 1 aromatic rings. The molecule has 0 spiro atoms. The van der Waals surface area contributed by atoms with E-state index in [9.17, 15) is 8.42 Å². The Kier molecular flexibility index (Phi) is 4.45. The van der Waals surface area contributed by atoms with Crippen LogP contribution in [0.3, 0.4) is 0 Å². The van der Waals surface area contributed by atoms with Gasteiger partial charge in [-0.05, 0) is 31.2 Å².